The zero-order valence-electron chi connectivity index (χ0n) is 18.5. The predicted molar refractivity (Wildman–Crippen MR) is 121 cm³/mol. The van der Waals surface area contributed by atoms with Crippen molar-refractivity contribution in [1.82, 2.24) is 10.6 Å². The maximum Gasteiger partial charge on any atom is 0.407 e. The highest BCUT2D eigenvalue weighted by Gasteiger charge is 2.29. The maximum absolute atomic E-state index is 12.5. The van der Waals surface area contributed by atoms with Crippen molar-refractivity contribution in [3.05, 3.63) is 59.7 Å². The first-order chi connectivity index (χ1) is 15.4. The molecule has 32 heavy (non-hydrogen) atoms. The summed E-state index contributed by atoms with van der Waals surface area (Å²) in [5, 5.41) is 14.4. The molecular formula is C25H30N2O5. The Morgan fingerprint density at radius 2 is 1.41 bits per heavy atom. The number of amides is 2. The van der Waals surface area contributed by atoms with Gasteiger partial charge in [0, 0.05) is 24.4 Å². The monoisotopic (exact) mass is 438 g/mol. The zero-order valence-corrected chi connectivity index (χ0v) is 18.5. The fourth-order valence-electron chi connectivity index (χ4n) is 4.12. The first-order valence-corrected chi connectivity index (χ1v) is 11.1. The van der Waals surface area contributed by atoms with Crippen LogP contribution >= 0.6 is 0 Å². The summed E-state index contributed by atoms with van der Waals surface area (Å²) in [6.07, 6.45) is 0.446. The van der Waals surface area contributed by atoms with E-state index >= 15 is 0 Å². The van der Waals surface area contributed by atoms with Gasteiger partial charge in [0.1, 0.15) is 6.61 Å². The number of carboxylic acids is 1. The average Bonchev–Trinajstić information content (AvgIpc) is 3.10. The van der Waals surface area contributed by atoms with E-state index < -0.39 is 24.1 Å². The number of alkyl carbamates (subject to hydrolysis) is 1. The van der Waals surface area contributed by atoms with E-state index in [1.165, 1.54) is 0 Å². The standard InChI is InChI=1S/C25H30N2O5/c1-3-16(13-23(28)26-17(4-2)14-24(29)30)27-25(31)32-15-22-20-11-7-5-9-18(20)19-10-6-8-12-21(19)22/h5-12,16-17,22H,3-4,13-15H2,1-2H3,(H,26,28)(H,27,31)(H,29,30)/t16?,17-/m1/s1. The minimum atomic E-state index is -0.957. The molecule has 3 rings (SSSR count). The fraction of sp³-hybridized carbons (Fsp3) is 0.400. The number of carbonyl (C=O) groups excluding carboxylic acids is 2. The Hall–Kier alpha value is -3.35. The Bertz CT molecular complexity index is 929. The highest BCUT2D eigenvalue weighted by atomic mass is 16.5. The van der Waals surface area contributed by atoms with Gasteiger partial charge in [-0.1, -0.05) is 62.4 Å². The van der Waals surface area contributed by atoms with Crippen molar-refractivity contribution in [2.45, 2.75) is 57.5 Å². The molecule has 3 N–H and O–H groups in total. The summed E-state index contributed by atoms with van der Waals surface area (Å²) in [5.41, 5.74) is 4.59. The van der Waals surface area contributed by atoms with Gasteiger partial charge in [-0.25, -0.2) is 4.79 Å². The van der Waals surface area contributed by atoms with Gasteiger partial charge in [0.05, 0.1) is 6.42 Å². The van der Waals surface area contributed by atoms with Crippen LogP contribution in [0, 0.1) is 0 Å². The van der Waals surface area contributed by atoms with Crippen molar-refractivity contribution < 1.29 is 24.2 Å². The van der Waals surface area contributed by atoms with E-state index in [1.54, 1.807) is 0 Å². The van der Waals surface area contributed by atoms with E-state index in [-0.39, 0.29) is 31.3 Å². The lowest BCUT2D eigenvalue weighted by Crippen LogP contribution is -2.42. The third-order valence-corrected chi connectivity index (χ3v) is 5.87. The number of ether oxygens (including phenoxy) is 1. The van der Waals surface area contributed by atoms with Crippen LogP contribution in [0.3, 0.4) is 0 Å². The molecule has 7 nitrogen and oxygen atoms in total. The minimum Gasteiger partial charge on any atom is -0.481 e. The second-order valence-electron chi connectivity index (χ2n) is 8.05. The minimum absolute atomic E-state index is 0.0298. The third kappa shape index (κ3) is 5.66. The molecule has 0 bridgehead atoms. The summed E-state index contributed by atoms with van der Waals surface area (Å²) in [4.78, 5) is 35.6. The van der Waals surface area contributed by atoms with Gasteiger partial charge in [-0.3, -0.25) is 9.59 Å². The molecule has 7 heteroatoms. The van der Waals surface area contributed by atoms with Crippen molar-refractivity contribution in [1.29, 1.82) is 0 Å². The smallest absolute Gasteiger partial charge is 0.407 e. The molecule has 0 radical (unpaired) electrons. The maximum atomic E-state index is 12.5. The van der Waals surface area contributed by atoms with Crippen molar-refractivity contribution in [2.75, 3.05) is 6.61 Å². The largest absolute Gasteiger partial charge is 0.481 e. The number of hydrogen-bond donors (Lipinski definition) is 3. The Labute approximate surface area is 188 Å². The van der Waals surface area contributed by atoms with E-state index in [0.29, 0.717) is 12.8 Å². The predicted octanol–water partition coefficient (Wildman–Crippen LogP) is 4.06. The first kappa shape index (κ1) is 23.3. The molecule has 0 fully saturated rings. The van der Waals surface area contributed by atoms with Crippen LogP contribution in [-0.4, -0.2) is 41.8 Å². The molecule has 1 aliphatic carbocycles. The van der Waals surface area contributed by atoms with E-state index in [2.05, 4.69) is 34.9 Å². The highest BCUT2D eigenvalue weighted by molar-refractivity contribution is 5.80. The molecule has 2 aromatic carbocycles. The van der Waals surface area contributed by atoms with E-state index in [9.17, 15) is 14.4 Å². The molecule has 2 atom stereocenters. The average molecular weight is 439 g/mol. The Kier molecular flexibility index (Phi) is 7.87. The number of hydrogen-bond acceptors (Lipinski definition) is 4. The number of nitrogens with one attached hydrogen (secondary N) is 2. The molecule has 1 aliphatic rings. The van der Waals surface area contributed by atoms with Crippen LogP contribution in [0.5, 0.6) is 0 Å². The van der Waals surface area contributed by atoms with E-state index in [4.69, 9.17) is 9.84 Å². The second kappa shape index (κ2) is 10.8. The molecule has 0 aliphatic heterocycles. The van der Waals surface area contributed by atoms with Gasteiger partial charge in [0.15, 0.2) is 0 Å². The second-order valence-corrected chi connectivity index (χ2v) is 8.05. The molecule has 1 unspecified atom stereocenters. The van der Waals surface area contributed by atoms with Crippen LogP contribution in [0.25, 0.3) is 11.1 Å². The summed E-state index contributed by atoms with van der Waals surface area (Å²) >= 11 is 0. The normalized spacial score (nSPS) is 14.1. The lowest BCUT2D eigenvalue weighted by molar-refractivity contribution is -0.137. The van der Waals surface area contributed by atoms with Crippen LogP contribution in [0.2, 0.25) is 0 Å². The van der Waals surface area contributed by atoms with E-state index in [0.717, 1.165) is 22.3 Å². The van der Waals surface area contributed by atoms with Gasteiger partial charge >= 0.3 is 12.1 Å². The molecule has 0 heterocycles. The molecule has 0 spiro atoms. The lowest BCUT2D eigenvalue weighted by atomic mass is 9.98. The van der Waals surface area contributed by atoms with Gasteiger partial charge in [-0.15, -0.1) is 0 Å². The summed E-state index contributed by atoms with van der Waals surface area (Å²) in [6.45, 7) is 3.90. The SMILES string of the molecule is CCC(CC(=O)N[C@H](CC)CC(=O)O)NC(=O)OCC1c2ccccc2-c2ccccc21. The molecule has 0 aromatic heterocycles. The Morgan fingerprint density at radius 3 is 1.94 bits per heavy atom. The van der Waals surface area contributed by atoms with Gasteiger partial charge in [-0.2, -0.15) is 0 Å². The molecule has 0 saturated heterocycles. The fourth-order valence-corrected chi connectivity index (χ4v) is 4.12. The quantitative estimate of drug-likeness (QED) is 0.519. The van der Waals surface area contributed by atoms with Gasteiger partial charge in [-0.05, 0) is 35.1 Å². The van der Waals surface area contributed by atoms with Gasteiger partial charge in [0.2, 0.25) is 5.91 Å². The van der Waals surface area contributed by atoms with Crippen LogP contribution in [0.4, 0.5) is 4.79 Å². The number of aliphatic carboxylic acids is 1. The highest BCUT2D eigenvalue weighted by Crippen LogP contribution is 2.44. The molecule has 0 saturated carbocycles. The number of carboxylic acid groups (broad SMARTS) is 1. The number of carbonyl (C=O) groups is 3. The van der Waals surface area contributed by atoms with Gasteiger partial charge in [0.25, 0.3) is 0 Å². The molecule has 2 amide bonds. The molecule has 170 valence electrons. The Morgan fingerprint density at radius 1 is 0.875 bits per heavy atom. The van der Waals surface area contributed by atoms with Crippen LogP contribution < -0.4 is 10.6 Å². The summed E-state index contributed by atoms with van der Waals surface area (Å²) < 4.78 is 5.55. The topological polar surface area (TPSA) is 105 Å². The van der Waals surface area contributed by atoms with Crippen molar-refractivity contribution >= 4 is 18.0 Å². The van der Waals surface area contributed by atoms with Crippen molar-refractivity contribution in [3.8, 4) is 11.1 Å². The summed E-state index contributed by atoms with van der Waals surface area (Å²) in [7, 11) is 0. The molecular weight excluding hydrogens is 408 g/mol. The first-order valence-electron chi connectivity index (χ1n) is 11.1. The van der Waals surface area contributed by atoms with Crippen LogP contribution in [0.15, 0.2) is 48.5 Å². The van der Waals surface area contributed by atoms with Crippen LogP contribution in [0.1, 0.15) is 56.6 Å². The van der Waals surface area contributed by atoms with Crippen molar-refractivity contribution in [2.24, 2.45) is 0 Å². The van der Waals surface area contributed by atoms with Crippen LogP contribution in [-0.2, 0) is 14.3 Å². The summed E-state index contributed by atoms with van der Waals surface area (Å²) in [5.74, 6) is -1.28. The van der Waals surface area contributed by atoms with E-state index in [1.807, 2.05) is 38.1 Å². The zero-order chi connectivity index (χ0) is 23.1. The number of fused-ring (bicyclic) bond motifs is 3. The number of rotatable bonds is 10. The third-order valence-electron chi connectivity index (χ3n) is 5.87. The molecule has 2 aromatic rings. The lowest BCUT2D eigenvalue weighted by Gasteiger charge is -2.20. The summed E-state index contributed by atoms with van der Waals surface area (Å²) in [6, 6.07) is 15.4. The van der Waals surface area contributed by atoms with Gasteiger partial charge < -0.3 is 20.5 Å². The van der Waals surface area contributed by atoms with Crippen molar-refractivity contribution in [3.63, 3.8) is 0 Å². The Balaban J connectivity index is 1.55. The number of benzene rings is 2.